The van der Waals surface area contributed by atoms with Crippen molar-refractivity contribution in [3.8, 4) is 22.4 Å². The van der Waals surface area contributed by atoms with Crippen molar-refractivity contribution in [2.24, 2.45) is 0 Å². The van der Waals surface area contributed by atoms with Gasteiger partial charge in [-0.15, -0.1) is 0 Å². The van der Waals surface area contributed by atoms with Crippen LogP contribution in [-0.2, 0) is 0 Å². The molecule has 0 bridgehead atoms. The Morgan fingerprint density at radius 1 is 0.706 bits per heavy atom. The Balaban J connectivity index is 1.52. The van der Waals surface area contributed by atoms with E-state index in [2.05, 4.69) is 4.98 Å². The summed E-state index contributed by atoms with van der Waals surface area (Å²) < 4.78 is 35.4. The summed E-state index contributed by atoms with van der Waals surface area (Å²) in [7, 11) is 0. The number of benzene rings is 3. The van der Waals surface area contributed by atoms with Gasteiger partial charge >= 0.3 is 5.84 Å². The summed E-state index contributed by atoms with van der Waals surface area (Å²) in [5.41, 5.74) is 6.47. The molecule has 0 aliphatic rings. The van der Waals surface area contributed by atoms with Gasteiger partial charge in [0.2, 0.25) is 11.9 Å². The van der Waals surface area contributed by atoms with E-state index in [1.807, 2.05) is 65.1 Å². The number of hydrogen-bond acceptors (Lipinski definition) is 4. The summed E-state index contributed by atoms with van der Waals surface area (Å²) in [6.07, 6.45) is 0. The molecule has 4 aromatic heterocycles. The Morgan fingerprint density at radius 3 is 2.32 bits per heavy atom. The number of para-hydroxylation sites is 3. The summed E-state index contributed by atoms with van der Waals surface area (Å²) in [6, 6.07) is 25.4. The average Bonchev–Trinajstić information content (AvgIpc) is 3.40. The molecule has 0 unspecified atom stereocenters. The van der Waals surface area contributed by atoms with E-state index in [0.29, 0.717) is 11.4 Å². The van der Waals surface area contributed by atoms with Gasteiger partial charge in [-0.25, -0.2) is 4.98 Å². The number of fused-ring (bicyclic) bond motifs is 7. The number of hydrogen-bond donors (Lipinski definition) is 0. The van der Waals surface area contributed by atoms with Crippen LogP contribution in [0, 0.1) is 11.9 Å². The molecule has 4 heterocycles. The van der Waals surface area contributed by atoms with E-state index < -0.39 is 11.9 Å². The number of halogens is 2. The van der Waals surface area contributed by atoms with Crippen molar-refractivity contribution in [2.45, 2.75) is 0 Å². The first-order valence-electron chi connectivity index (χ1n) is 10.7. The largest absolute Gasteiger partial charge is 0.423 e. The molecule has 0 radical (unpaired) electrons. The molecular weight excluding hydrogens is 434 g/mol. The van der Waals surface area contributed by atoms with Crippen molar-refractivity contribution < 1.29 is 13.2 Å². The second-order valence-electron chi connectivity index (χ2n) is 8.02. The zero-order valence-corrected chi connectivity index (χ0v) is 17.5. The van der Waals surface area contributed by atoms with E-state index >= 15 is 0 Å². The van der Waals surface area contributed by atoms with Crippen molar-refractivity contribution in [2.75, 3.05) is 0 Å². The molecule has 0 fully saturated rings. The molecule has 5 nitrogen and oxygen atoms in total. The Bertz CT molecular complexity index is 1880. The van der Waals surface area contributed by atoms with E-state index in [9.17, 15) is 8.78 Å². The molecule has 0 saturated heterocycles. The molecule has 3 aromatic carbocycles. The lowest BCUT2D eigenvalue weighted by molar-refractivity contribution is 0.515. The van der Waals surface area contributed by atoms with E-state index in [1.54, 1.807) is 12.1 Å². The van der Waals surface area contributed by atoms with Crippen LogP contribution in [0.1, 0.15) is 0 Å². The highest BCUT2D eigenvalue weighted by Crippen LogP contribution is 2.36. The van der Waals surface area contributed by atoms with Gasteiger partial charge in [0, 0.05) is 16.5 Å². The third-order valence-corrected chi connectivity index (χ3v) is 6.05. The minimum atomic E-state index is -0.849. The van der Waals surface area contributed by atoms with Crippen LogP contribution < -0.4 is 0 Å². The van der Waals surface area contributed by atoms with E-state index in [-0.39, 0.29) is 5.56 Å². The molecule has 34 heavy (non-hydrogen) atoms. The van der Waals surface area contributed by atoms with Gasteiger partial charge < -0.3 is 4.42 Å². The predicted molar refractivity (Wildman–Crippen MR) is 126 cm³/mol. The molecule has 0 saturated carbocycles. The summed E-state index contributed by atoms with van der Waals surface area (Å²) in [6.45, 7) is 0. The zero-order chi connectivity index (χ0) is 22.8. The Hall–Kier alpha value is -4.65. The molecule has 0 N–H and O–H groups in total. The highest BCUT2D eigenvalue weighted by molar-refractivity contribution is 6.10. The molecule has 0 aliphatic heterocycles. The van der Waals surface area contributed by atoms with Gasteiger partial charge in [-0.1, -0.05) is 54.6 Å². The molecule has 0 aliphatic carbocycles. The first-order chi connectivity index (χ1) is 16.7. The maximum atomic E-state index is 14.2. The predicted octanol–water partition coefficient (Wildman–Crippen LogP) is 6.79. The Labute approximate surface area is 190 Å². The second-order valence-corrected chi connectivity index (χ2v) is 8.02. The fourth-order valence-electron chi connectivity index (χ4n) is 4.51. The molecular formula is C27H14F2N4O. The van der Waals surface area contributed by atoms with Gasteiger partial charge in [0.05, 0.1) is 16.7 Å². The maximum Gasteiger partial charge on any atom is 0.307 e. The molecule has 7 aromatic rings. The number of aromatic nitrogens is 4. The van der Waals surface area contributed by atoms with Crippen molar-refractivity contribution in [1.82, 2.24) is 19.4 Å². The van der Waals surface area contributed by atoms with Crippen LogP contribution >= 0.6 is 0 Å². The quantitative estimate of drug-likeness (QED) is 0.273. The van der Waals surface area contributed by atoms with Gasteiger partial charge in [-0.05, 0) is 35.9 Å². The first kappa shape index (κ1) is 18.9. The van der Waals surface area contributed by atoms with Gasteiger partial charge in [-0.2, -0.15) is 18.7 Å². The second kappa shape index (κ2) is 6.92. The SMILES string of the molecule is Fc1ccc(-c2ccc(-c3nc4ccccc4c4nc5oc6ccccc6n5c34)cc2)c(F)n1. The Morgan fingerprint density at radius 2 is 1.47 bits per heavy atom. The third kappa shape index (κ3) is 2.67. The highest BCUT2D eigenvalue weighted by atomic mass is 19.1. The molecule has 7 rings (SSSR count). The third-order valence-electron chi connectivity index (χ3n) is 6.05. The minimum absolute atomic E-state index is 0.233. The lowest BCUT2D eigenvalue weighted by Crippen LogP contribution is -1.94. The first-order valence-corrected chi connectivity index (χ1v) is 10.7. The van der Waals surface area contributed by atoms with Gasteiger partial charge in [0.1, 0.15) is 11.0 Å². The topological polar surface area (TPSA) is 56.2 Å². The number of pyridine rings is 2. The number of rotatable bonds is 2. The van der Waals surface area contributed by atoms with E-state index in [0.717, 1.165) is 50.4 Å². The van der Waals surface area contributed by atoms with Crippen molar-refractivity contribution in [1.29, 1.82) is 0 Å². The minimum Gasteiger partial charge on any atom is -0.423 e. The van der Waals surface area contributed by atoms with Crippen LogP contribution in [0.5, 0.6) is 0 Å². The molecule has 0 atom stereocenters. The standard InChI is InChI=1S/C27H14F2N4O/c28-22-14-13-17(26(29)31-22)15-9-11-16(12-10-15)23-25-24(18-5-1-2-6-19(18)30-23)32-27-33(25)20-7-3-4-8-21(20)34-27/h1-14H. The normalized spacial score (nSPS) is 11.8. The molecule has 0 amide bonds. The molecule has 7 heteroatoms. The van der Waals surface area contributed by atoms with Crippen molar-refractivity contribution in [3.05, 3.63) is 96.8 Å². The van der Waals surface area contributed by atoms with Crippen LogP contribution in [0.25, 0.3) is 61.3 Å². The molecule has 162 valence electrons. The van der Waals surface area contributed by atoms with Crippen LogP contribution in [0.2, 0.25) is 0 Å². The summed E-state index contributed by atoms with van der Waals surface area (Å²) in [5.74, 6) is -1.20. The van der Waals surface area contributed by atoms with E-state index in [1.165, 1.54) is 6.07 Å². The van der Waals surface area contributed by atoms with Crippen molar-refractivity contribution in [3.63, 3.8) is 0 Å². The summed E-state index contributed by atoms with van der Waals surface area (Å²) >= 11 is 0. The average molecular weight is 448 g/mol. The fourth-order valence-corrected chi connectivity index (χ4v) is 4.51. The van der Waals surface area contributed by atoms with Crippen molar-refractivity contribution >= 4 is 38.9 Å². The molecule has 0 spiro atoms. The lowest BCUT2D eigenvalue weighted by atomic mass is 10.0. The van der Waals surface area contributed by atoms with Crippen LogP contribution in [0.3, 0.4) is 0 Å². The van der Waals surface area contributed by atoms with Gasteiger partial charge in [0.25, 0.3) is 0 Å². The fraction of sp³-hybridized carbons (Fsp3) is 0. The number of oxazole rings is 1. The number of nitrogens with zero attached hydrogens (tertiary/aromatic N) is 4. The van der Waals surface area contributed by atoms with Gasteiger partial charge in [-0.3, -0.25) is 4.40 Å². The maximum absolute atomic E-state index is 14.2. The van der Waals surface area contributed by atoms with Gasteiger partial charge in [0.15, 0.2) is 5.58 Å². The Kier molecular flexibility index (Phi) is 3.84. The van der Waals surface area contributed by atoms with Crippen LogP contribution in [0.15, 0.2) is 89.3 Å². The number of imidazole rings is 1. The smallest absolute Gasteiger partial charge is 0.307 e. The zero-order valence-electron chi connectivity index (χ0n) is 17.5. The highest BCUT2D eigenvalue weighted by Gasteiger charge is 2.20. The summed E-state index contributed by atoms with van der Waals surface area (Å²) in [5, 5.41) is 0.931. The van der Waals surface area contributed by atoms with Crippen LogP contribution in [-0.4, -0.2) is 19.4 Å². The van der Waals surface area contributed by atoms with Crippen LogP contribution in [0.4, 0.5) is 8.78 Å². The summed E-state index contributed by atoms with van der Waals surface area (Å²) in [4.78, 5) is 13.1. The van der Waals surface area contributed by atoms with E-state index in [4.69, 9.17) is 14.4 Å². The monoisotopic (exact) mass is 448 g/mol. The lowest BCUT2D eigenvalue weighted by Gasteiger charge is -2.09.